The summed E-state index contributed by atoms with van der Waals surface area (Å²) in [6.45, 7) is -6.28. The first-order chi connectivity index (χ1) is 11.5. The van der Waals surface area contributed by atoms with Gasteiger partial charge in [0.2, 0.25) is 0 Å². The Kier molecular flexibility index (Phi) is 5.77. The van der Waals surface area contributed by atoms with Gasteiger partial charge < -0.3 is 14.5 Å². The molecule has 1 aromatic heterocycles. The average molecular weight is 345 g/mol. The normalized spacial score (nSPS) is 11.2. The summed E-state index contributed by atoms with van der Waals surface area (Å²) in [5, 5.41) is 3.60. The molecular formula is C14H11F4N3O3. The van der Waals surface area contributed by atoms with Crippen LogP contribution in [0.3, 0.4) is 0 Å². The molecule has 0 unspecified atom stereocenters. The fourth-order valence-electron chi connectivity index (χ4n) is 1.69. The third kappa shape index (κ3) is 5.00. The number of aromatic amines is 1. The zero-order chi connectivity index (χ0) is 17.5. The molecule has 1 heterocycles. The number of nitrogens with one attached hydrogen (secondary N) is 2. The number of rotatable bonds is 7. The van der Waals surface area contributed by atoms with Gasteiger partial charge >= 0.3 is 13.2 Å². The van der Waals surface area contributed by atoms with Gasteiger partial charge in [0.15, 0.2) is 0 Å². The highest BCUT2D eigenvalue weighted by atomic mass is 19.3. The fraction of sp³-hybridized carbons (Fsp3) is 0.143. The van der Waals surface area contributed by atoms with Crippen LogP contribution in [-0.4, -0.2) is 30.3 Å². The zero-order valence-electron chi connectivity index (χ0n) is 11.9. The van der Waals surface area contributed by atoms with E-state index in [0.717, 1.165) is 18.3 Å². The highest BCUT2D eigenvalue weighted by Gasteiger charge is 2.12. The number of alkyl halides is 4. The molecule has 128 valence electrons. The van der Waals surface area contributed by atoms with Crippen LogP contribution in [0.25, 0.3) is 0 Å². The summed E-state index contributed by atoms with van der Waals surface area (Å²) in [5.41, 5.74) is 2.44. The number of hydrogen-bond donors (Lipinski definition) is 2. The van der Waals surface area contributed by atoms with Crippen LogP contribution in [0.5, 0.6) is 11.5 Å². The molecule has 0 saturated carbocycles. The Balaban J connectivity index is 2.12. The first kappa shape index (κ1) is 17.3. The van der Waals surface area contributed by atoms with Crippen molar-refractivity contribution < 1.29 is 31.8 Å². The Labute approximate surface area is 133 Å². The highest BCUT2D eigenvalue weighted by molar-refractivity contribution is 5.93. The molecule has 0 fully saturated rings. The van der Waals surface area contributed by atoms with Gasteiger partial charge in [-0.1, -0.05) is 0 Å². The molecule has 0 aliphatic rings. The van der Waals surface area contributed by atoms with Crippen LogP contribution in [0.15, 0.2) is 41.6 Å². The number of H-pyrrole nitrogens is 1. The van der Waals surface area contributed by atoms with E-state index in [2.05, 4.69) is 25.0 Å². The van der Waals surface area contributed by atoms with Gasteiger partial charge in [-0.3, -0.25) is 4.79 Å². The van der Waals surface area contributed by atoms with E-state index in [0.29, 0.717) is 0 Å². The number of hydrogen-bond acceptors (Lipinski definition) is 4. The lowest BCUT2D eigenvalue weighted by Crippen LogP contribution is -2.18. The molecule has 1 aromatic carbocycles. The van der Waals surface area contributed by atoms with E-state index in [1.165, 1.54) is 18.3 Å². The fourth-order valence-corrected chi connectivity index (χ4v) is 1.69. The summed E-state index contributed by atoms with van der Waals surface area (Å²) in [5.74, 6) is -1.33. The van der Waals surface area contributed by atoms with E-state index in [-0.39, 0.29) is 17.0 Å². The van der Waals surface area contributed by atoms with E-state index in [1.807, 2.05) is 0 Å². The van der Waals surface area contributed by atoms with Crippen molar-refractivity contribution in [3.63, 3.8) is 0 Å². The molecule has 2 N–H and O–H groups in total. The van der Waals surface area contributed by atoms with Gasteiger partial charge in [0.05, 0.1) is 6.21 Å². The van der Waals surface area contributed by atoms with E-state index in [1.54, 1.807) is 6.07 Å². The molecule has 2 aromatic rings. The van der Waals surface area contributed by atoms with E-state index >= 15 is 0 Å². The van der Waals surface area contributed by atoms with Crippen molar-refractivity contribution in [2.24, 2.45) is 5.10 Å². The van der Waals surface area contributed by atoms with Crippen LogP contribution in [0.4, 0.5) is 17.6 Å². The highest BCUT2D eigenvalue weighted by Crippen LogP contribution is 2.26. The molecule has 0 bridgehead atoms. The molecule has 0 spiro atoms. The lowest BCUT2D eigenvalue weighted by Gasteiger charge is -2.10. The first-order valence-electron chi connectivity index (χ1n) is 6.46. The molecule has 24 heavy (non-hydrogen) atoms. The minimum absolute atomic E-state index is 0.0312. The number of amides is 1. The van der Waals surface area contributed by atoms with Crippen LogP contribution >= 0.6 is 0 Å². The number of carbonyl (C=O) groups excluding carboxylic acids is 1. The van der Waals surface area contributed by atoms with Crippen molar-refractivity contribution >= 4 is 12.1 Å². The predicted molar refractivity (Wildman–Crippen MR) is 75.6 cm³/mol. The Morgan fingerprint density at radius 1 is 1.17 bits per heavy atom. The number of halogens is 4. The van der Waals surface area contributed by atoms with Crippen LogP contribution in [0.2, 0.25) is 0 Å². The molecule has 0 saturated heterocycles. The molecule has 0 aliphatic carbocycles. The van der Waals surface area contributed by atoms with Crippen molar-refractivity contribution in [3.05, 3.63) is 47.8 Å². The second-order valence-electron chi connectivity index (χ2n) is 4.24. The largest absolute Gasteiger partial charge is 0.435 e. The van der Waals surface area contributed by atoms with Crippen molar-refractivity contribution in [2.45, 2.75) is 13.2 Å². The lowest BCUT2D eigenvalue weighted by atomic mass is 10.2. The minimum Gasteiger partial charge on any atom is -0.435 e. The molecule has 6 nitrogen and oxygen atoms in total. The number of hydrazone groups is 1. The van der Waals surface area contributed by atoms with Gasteiger partial charge in [-0.15, -0.1) is 0 Å². The van der Waals surface area contributed by atoms with Gasteiger partial charge in [-0.05, 0) is 24.3 Å². The van der Waals surface area contributed by atoms with Crippen LogP contribution < -0.4 is 14.9 Å². The maximum atomic E-state index is 12.4. The van der Waals surface area contributed by atoms with Gasteiger partial charge in [0.1, 0.15) is 17.2 Å². The second-order valence-corrected chi connectivity index (χ2v) is 4.24. The van der Waals surface area contributed by atoms with Crippen LogP contribution in [0.1, 0.15) is 16.1 Å². The van der Waals surface area contributed by atoms with Gasteiger partial charge in [-0.25, -0.2) is 5.43 Å². The SMILES string of the molecule is O=C(N/N=C\c1ccc(OC(F)F)cc1OC(F)F)c1ccc[nH]1. The minimum atomic E-state index is -3.17. The number of carbonyl (C=O) groups is 1. The predicted octanol–water partition coefficient (Wildman–Crippen LogP) is 2.98. The van der Waals surface area contributed by atoms with E-state index < -0.39 is 24.9 Å². The van der Waals surface area contributed by atoms with E-state index in [9.17, 15) is 22.4 Å². The van der Waals surface area contributed by atoms with Crippen LogP contribution in [0, 0.1) is 0 Å². The van der Waals surface area contributed by atoms with Crippen LogP contribution in [-0.2, 0) is 0 Å². The summed E-state index contributed by atoms with van der Waals surface area (Å²) >= 11 is 0. The quantitative estimate of drug-likeness (QED) is 0.460. The smallest absolute Gasteiger partial charge is 0.387 e. The summed E-state index contributed by atoms with van der Waals surface area (Å²) in [6.07, 6.45) is 2.57. The average Bonchev–Trinajstić information content (AvgIpc) is 3.02. The number of aromatic nitrogens is 1. The zero-order valence-corrected chi connectivity index (χ0v) is 11.9. The summed E-state index contributed by atoms with van der Waals surface area (Å²) in [4.78, 5) is 14.3. The number of ether oxygens (including phenoxy) is 2. The first-order valence-corrected chi connectivity index (χ1v) is 6.46. The Morgan fingerprint density at radius 2 is 1.92 bits per heavy atom. The third-order valence-corrected chi connectivity index (χ3v) is 2.64. The second kappa shape index (κ2) is 7.99. The number of nitrogens with zero attached hydrogens (tertiary/aromatic N) is 1. The van der Waals surface area contributed by atoms with Crippen molar-refractivity contribution in [3.8, 4) is 11.5 Å². The summed E-state index contributed by atoms with van der Waals surface area (Å²) in [7, 11) is 0. The molecule has 0 radical (unpaired) electrons. The summed E-state index contributed by atoms with van der Waals surface area (Å²) in [6, 6.07) is 6.28. The Bertz CT molecular complexity index is 705. The molecular weight excluding hydrogens is 334 g/mol. The lowest BCUT2D eigenvalue weighted by molar-refractivity contribution is -0.0543. The summed E-state index contributed by atoms with van der Waals surface area (Å²) < 4.78 is 57.4. The van der Waals surface area contributed by atoms with Gasteiger partial charge in [0, 0.05) is 17.8 Å². The third-order valence-electron chi connectivity index (χ3n) is 2.64. The van der Waals surface area contributed by atoms with E-state index in [4.69, 9.17) is 0 Å². The Morgan fingerprint density at radius 3 is 2.54 bits per heavy atom. The molecule has 1 amide bonds. The molecule has 0 atom stereocenters. The monoisotopic (exact) mass is 345 g/mol. The van der Waals surface area contributed by atoms with Crippen molar-refractivity contribution in [1.82, 2.24) is 10.4 Å². The topological polar surface area (TPSA) is 75.7 Å². The molecule has 2 rings (SSSR count). The van der Waals surface area contributed by atoms with Crippen molar-refractivity contribution in [2.75, 3.05) is 0 Å². The maximum Gasteiger partial charge on any atom is 0.387 e. The molecule has 0 aliphatic heterocycles. The van der Waals surface area contributed by atoms with Gasteiger partial charge in [-0.2, -0.15) is 22.7 Å². The Hall–Kier alpha value is -3.04. The standard InChI is InChI=1S/C14H11F4N3O3/c15-13(16)23-9-4-3-8(11(6-9)24-14(17)18)7-20-21-12(22)10-2-1-5-19-10/h1-7,13-14,19H,(H,21,22)/b20-7-. The van der Waals surface area contributed by atoms with Crippen molar-refractivity contribution in [1.29, 1.82) is 0 Å². The van der Waals surface area contributed by atoms with Gasteiger partial charge in [0.25, 0.3) is 5.91 Å². The maximum absolute atomic E-state index is 12.4. The molecule has 10 heteroatoms. The number of benzene rings is 1.